The monoisotopic (exact) mass is 553 g/mol. The number of aromatic nitrogens is 1. The van der Waals surface area contributed by atoms with E-state index in [9.17, 15) is 17.6 Å². The van der Waals surface area contributed by atoms with E-state index in [1.807, 2.05) is 55.5 Å². The van der Waals surface area contributed by atoms with E-state index in [2.05, 4.69) is 0 Å². The first-order valence-corrected chi connectivity index (χ1v) is 14.8. The summed E-state index contributed by atoms with van der Waals surface area (Å²) >= 11 is 1.43. The highest BCUT2D eigenvalue weighted by Gasteiger charge is 2.36. The molecular weight excluding hydrogens is 525 g/mol. The number of amides is 1. The highest BCUT2D eigenvalue weighted by atomic mass is 32.2. The third kappa shape index (κ3) is 5.43. The summed E-state index contributed by atoms with van der Waals surface area (Å²) in [5.41, 5.74) is 1.75. The molecule has 0 N–H and O–H groups in total. The molecule has 5 rings (SSSR count). The zero-order chi connectivity index (χ0) is 26.7. The number of anilines is 1. The van der Waals surface area contributed by atoms with Gasteiger partial charge < -0.3 is 4.74 Å². The highest BCUT2D eigenvalue weighted by molar-refractivity contribution is 7.89. The zero-order valence-electron chi connectivity index (χ0n) is 20.9. The van der Waals surface area contributed by atoms with Crippen molar-refractivity contribution in [3.05, 3.63) is 84.2 Å². The van der Waals surface area contributed by atoms with Crippen molar-refractivity contribution in [2.24, 2.45) is 5.92 Å². The second-order valence-electron chi connectivity index (χ2n) is 9.08. The van der Waals surface area contributed by atoms with Crippen LogP contribution in [0.15, 0.2) is 77.7 Å². The summed E-state index contributed by atoms with van der Waals surface area (Å²) in [5, 5.41) is 0.587. The Bertz CT molecular complexity index is 1530. The van der Waals surface area contributed by atoms with Gasteiger partial charge in [-0.3, -0.25) is 9.69 Å². The molecule has 0 spiro atoms. The van der Waals surface area contributed by atoms with Crippen LogP contribution in [0.4, 0.5) is 9.52 Å². The minimum atomic E-state index is -3.98. The standard InChI is InChI=1S/C28H28FN3O4S2/c1-2-36-22-12-13-24-25(18-22)37-28(30-24)32(19-20-8-4-3-5-9-20)27(33)21-14-16-31(17-15-21)38(34,35)26-11-7-6-10-23(26)29/h3-13,18,21H,2,14-17,19H2,1H3. The first kappa shape index (κ1) is 26.3. The number of halogens is 1. The van der Waals surface area contributed by atoms with Crippen LogP contribution in [0.1, 0.15) is 25.3 Å². The van der Waals surface area contributed by atoms with Crippen LogP contribution in [0.5, 0.6) is 5.75 Å². The summed E-state index contributed by atoms with van der Waals surface area (Å²) in [6.45, 7) is 3.12. The Morgan fingerprint density at radius 1 is 1.08 bits per heavy atom. The van der Waals surface area contributed by atoms with Crippen LogP contribution >= 0.6 is 11.3 Å². The van der Waals surface area contributed by atoms with Crippen LogP contribution in [0.25, 0.3) is 10.2 Å². The van der Waals surface area contributed by atoms with Crippen molar-refractivity contribution in [2.45, 2.75) is 31.2 Å². The maximum absolute atomic E-state index is 14.2. The molecule has 0 radical (unpaired) electrons. The van der Waals surface area contributed by atoms with Gasteiger partial charge >= 0.3 is 0 Å². The molecule has 7 nitrogen and oxygen atoms in total. The quantitative estimate of drug-likeness (QED) is 0.289. The predicted octanol–water partition coefficient (Wildman–Crippen LogP) is 5.47. The highest BCUT2D eigenvalue weighted by Crippen LogP contribution is 2.34. The maximum atomic E-state index is 14.2. The largest absolute Gasteiger partial charge is 0.494 e. The molecule has 1 aliphatic heterocycles. The number of hydrogen-bond donors (Lipinski definition) is 0. The lowest BCUT2D eigenvalue weighted by Crippen LogP contribution is -2.44. The number of benzene rings is 3. The third-order valence-electron chi connectivity index (χ3n) is 6.60. The van der Waals surface area contributed by atoms with E-state index >= 15 is 0 Å². The average molecular weight is 554 g/mol. The van der Waals surface area contributed by atoms with Crippen molar-refractivity contribution in [1.82, 2.24) is 9.29 Å². The molecule has 3 aromatic carbocycles. The summed E-state index contributed by atoms with van der Waals surface area (Å²) in [4.78, 5) is 20.0. The lowest BCUT2D eigenvalue weighted by Gasteiger charge is -2.33. The Kier molecular flexibility index (Phi) is 7.73. The lowest BCUT2D eigenvalue weighted by molar-refractivity contribution is -0.123. The smallest absolute Gasteiger partial charge is 0.245 e. The topological polar surface area (TPSA) is 79.8 Å². The normalized spacial score (nSPS) is 15.0. The number of carbonyl (C=O) groups excluding carboxylic acids is 1. The van der Waals surface area contributed by atoms with Gasteiger partial charge in [-0.05, 0) is 55.7 Å². The van der Waals surface area contributed by atoms with Gasteiger partial charge in [-0.1, -0.05) is 53.8 Å². The van der Waals surface area contributed by atoms with Gasteiger partial charge in [0.2, 0.25) is 15.9 Å². The van der Waals surface area contributed by atoms with E-state index in [1.54, 1.807) is 4.90 Å². The molecular formula is C28H28FN3O4S2. The molecule has 2 heterocycles. The van der Waals surface area contributed by atoms with E-state index < -0.39 is 15.8 Å². The minimum absolute atomic E-state index is 0.0964. The van der Waals surface area contributed by atoms with Crippen molar-refractivity contribution >= 4 is 42.6 Å². The number of sulfonamides is 1. The van der Waals surface area contributed by atoms with Crippen molar-refractivity contribution in [1.29, 1.82) is 0 Å². The van der Waals surface area contributed by atoms with E-state index in [0.717, 1.165) is 27.6 Å². The van der Waals surface area contributed by atoms with E-state index in [4.69, 9.17) is 9.72 Å². The fraction of sp³-hybridized carbons (Fsp3) is 0.286. The fourth-order valence-electron chi connectivity index (χ4n) is 4.63. The molecule has 0 bridgehead atoms. The van der Waals surface area contributed by atoms with Crippen LogP contribution in [0.2, 0.25) is 0 Å². The van der Waals surface area contributed by atoms with Gasteiger partial charge in [0.25, 0.3) is 0 Å². The summed E-state index contributed by atoms with van der Waals surface area (Å²) < 4.78 is 48.1. The van der Waals surface area contributed by atoms with Crippen LogP contribution in [-0.4, -0.2) is 43.3 Å². The van der Waals surface area contributed by atoms with E-state index in [0.29, 0.717) is 31.1 Å². The van der Waals surface area contributed by atoms with Crippen LogP contribution in [0, 0.1) is 11.7 Å². The number of carbonyl (C=O) groups is 1. The Morgan fingerprint density at radius 2 is 1.79 bits per heavy atom. The molecule has 1 aromatic heterocycles. The summed E-state index contributed by atoms with van der Waals surface area (Å²) in [7, 11) is -3.98. The number of nitrogens with zero attached hydrogens (tertiary/aromatic N) is 3. The van der Waals surface area contributed by atoms with Gasteiger partial charge in [0.05, 0.1) is 23.4 Å². The average Bonchev–Trinajstić information content (AvgIpc) is 3.35. The predicted molar refractivity (Wildman–Crippen MR) is 146 cm³/mol. The Morgan fingerprint density at radius 3 is 2.50 bits per heavy atom. The number of hydrogen-bond acceptors (Lipinski definition) is 6. The van der Waals surface area contributed by atoms with Crippen LogP contribution in [0.3, 0.4) is 0 Å². The fourth-order valence-corrected chi connectivity index (χ4v) is 7.16. The summed E-state index contributed by atoms with van der Waals surface area (Å²) in [6.07, 6.45) is 0.689. The first-order valence-electron chi connectivity index (χ1n) is 12.5. The van der Waals surface area contributed by atoms with Crippen molar-refractivity contribution in [3.63, 3.8) is 0 Å². The molecule has 1 aliphatic rings. The number of piperidine rings is 1. The molecule has 0 saturated carbocycles. The SMILES string of the molecule is CCOc1ccc2nc(N(Cc3ccccc3)C(=O)C3CCN(S(=O)(=O)c4ccccc4F)CC3)sc2c1. The van der Waals surface area contributed by atoms with Crippen molar-refractivity contribution in [3.8, 4) is 5.75 Å². The van der Waals surface area contributed by atoms with Crippen molar-refractivity contribution in [2.75, 3.05) is 24.6 Å². The van der Waals surface area contributed by atoms with E-state index in [-0.39, 0.29) is 29.8 Å². The molecule has 0 unspecified atom stereocenters. The number of thiazole rings is 1. The summed E-state index contributed by atoms with van der Waals surface area (Å²) in [5.74, 6) is -0.500. The molecule has 10 heteroatoms. The molecule has 1 fully saturated rings. The Hall–Kier alpha value is -3.34. The van der Waals surface area contributed by atoms with Gasteiger partial charge in [-0.25, -0.2) is 17.8 Å². The molecule has 38 heavy (non-hydrogen) atoms. The van der Waals surface area contributed by atoms with Gasteiger partial charge in [-0.2, -0.15) is 4.31 Å². The minimum Gasteiger partial charge on any atom is -0.494 e. The molecule has 0 atom stereocenters. The second-order valence-corrected chi connectivity index (χ2v) is 12.0. The molecule has 0 aliphatic carbocycles. The number of fused-ring (bicyclic) bond motifs is 1. The Balaban J connectivity index is 1.38. The first-order chi connectivity index (χ1) is 18.4. The van der Waals surface area contributed by atoms with Gasteiger partial charge in [0, 0.05) is 19.0 Å². The molecule has 4 aromatic rings. The van der Waals surface area contributed by atoms with Gasteiger partial charge in [0.15, 0.2) is 5.13 Å². The third-order valence-corrected chi connectivity index (χ3v) is 9.57. The van der Waals surface area contributed by atoms with Crippen LogP contribution in [-0.2, 0) is 21.4 Å². The van der Waals surface area contributed by atoms with Gasteiger partial charge in [-0.15, -0.1) is 0 Å². The maximum Gasteiger partial charge on any atom is 0.245 e. The lowest BCUT2D eigenvalue weighted by atomic mass is 9.96. The molecule has 1 saturated heterocycles. The number of ether oxygens (including phenoxy) is 1. The van der Waals surface area contributed by atoms with Crippen LogP contribution < -0.4 is 9.64 Å². The Labute approximate surface area is 225 Å². The molecule has 1 amide bonds. The van der Waals surface area contributed by atoms with Crippen molar-refractivity contribution < 1.29 is 22.3 Å². The van der Waals surface area contributed by atoms with Gasteiger partial charge in [0.1, 0.15) is 16.5 Å². The second kappa shape index (κ2) is 11.2. The zero-order valence-corrected chi connectivity index (χ0v) is 22.6. The number of rotatable bonds is 8. The molecule has 198 valence electrons. The van der Waals surface area contributed by atoms with E-state index in [1.165, 1.54) is 33.8 Å². The summed E-state index contributed by atoms with van der Waals surface area (Å²) in [6, 6.07) is 20.8.